The van der Waals surface area contributed by atoms with Gasteiger partial charge in [0.15, 0.2) is 0 Å². The highest BCUT2D eigenvalue weighted by atomic mass is 32.2. The number of carbonyl (C=O) groups is 2. The Balaban J connectivity index is 1.50. The highest BCUT2D eigenvalue weighted by molar-refractivity contribution is 7.99. The van der Waals surface area contributed by atoms with Crippen LogP contribution in [0.1, 0.15) is 44.8 Å². The third kappa shape index (κ3) is 4.02. The van der Waals surface area contributed by atoms with E-state index in [0.717, 1.165) is 58.3 Å². The molecule has 0 aliphatic heterocycles. The second-order valence-corrected chi connectivity index (χ2v) is 9.47. The van der Waals surface area contributed by atoms with Crippen LogP contribution in [0.3, 0.4) is 0 Å². The molecule has 4 rings (SSSR count). The average Bonchev–Trinajstić information content (AvgIpc) is 3.05. The van der Waals surface area contributed by atoms with Gasteiger partial charge in [-0.3, -0.25) is 9.59 Å². The van der Waals surface area contributed by atoms with E-state index in [1.54, 1.807) is 0 Å². The van der Waals surface area contributed by atoms with E-state index >= 15 is 0 Å². The van der Waals surface area contributed by atoms with E-state index in [2.05, 4.69) is 18.3 Å². The number of primary amides is 1. The van der Waals surface area contributed by atoms with Gasteiger partial charge in [-0.1, -0.05) is 30.0 Å². The lowest BCUT2D eigenvalue weighted by Crippen LogP contribution is -2.19. The Labute approximate surface area is 178 Å². The lowest BCUT2D eigenvalue weighted by Gasteiger charge is -2.11. The van der Waals surface area contributed by atoms with Gasteiger partial charge in [0.05, 0.1) is 21.9 Å². The predicted molar refractivity (Wildman–Crippen MR) is 120 cm³/mol. The lowest BCUT2D eigenvalue weighted by atomic mass is 9.95. The molecule has 0 spiro atoms. The van der Waals surface area contributed by atoms with E-state index in [1.807, 2.05) is 25.1 Å². The van der Waals surface area contributed by atoms with Crippen LogP contribution in [0.25, 0.3) is 10.9 Å². The van der Waals surface area contributed by atoms with Crippen LogP contribution in [0.2, 0.25) is 0 Å². The molecule has 2 amide bonds. The Morgan fingerprint density at radius 1 is 1.21 bits per heavy atom. The zero-order chi connectivity index (χ0) is 20.5. The fraction of sp³-hybridized carbons (Fsp3) is 0.318. The molecule has 29 heavy (non-hydrogen) atoms. The predicted octanol–water partition coefficient (Wildman–Crippen LogP) is 4.62. The SMILES string of the molecule is Cc1cc(SCC(=O)Nc2sc3c(c2C(N)=O)CCCC3)nc2c(C)cccc12. The first kappa shape index (κ1) is 19.9. The summed E-state index contributed by atoms with van der Waals surface area (Å²) in [6, 6.07) is 8.15. The molecule has 1 aromatic carbocycles. The standard InChI is InChI=1S/C22H23N3O2S2/c1-12-6-5-8-14-13(2)10-18(25-20(12)14)28-11-17(26)24-22-19(21(23)27)15-7-3-4-9-16(15)29-22/h5-6,8,10H,3-4,7,9,11H2,1-2H3,(H2,23,27)(H,24,26). The molecule has 7 heteroatoms. The summed E-state index contributed by atoms with van der Waals surface area (Å²) >= 11 is 2.89. The van der Waals surface area contributed by atoms with E-state index in [-0.39, 0.29) is 11.7 Å². The number of rotatable bonds is 5. The molecule has 1 aliphatic rings. The first-order chi connectivity index (χ1) is 13.9. The lowest BCUT2D eigenvalue weighted by molar-refractivity contribution is -0.113. The van der Waals surface area contributed by atoms with Crippen molar-refractivity contribution >= 4 is 50.8 Å². The number of aromatic nitrogens is 1. The summed E-state index contributed by atoms with van der Waals surface area (Å²) in [4.78, 5) is 30.5. The van der Waals surface area contributed by atoms with Gasteiger partial charge in [-0.25, -0.2) is 4.98 Å². The van der Waals surface area contributed by atoms with Crippen molar-refractivity contribution in [1.29, 1.82) is 0 Å². The molecule has 0 radical (unpaired) electrons. The molecule has 0 unspecified atom stereocenters. The molecular weight excluding hydrogens is 402 g/mol. The minimum Gasteiger partial charge on any atom is -0.365 e. The van der Waals surface area contributed by atoms with E-state index in [1.165, 1.54) is 28.0 Å². The first-order valence-corrected chi connectivity index (χ1v) is 11.5. The van der Waals surface area contributed by atoms with Crippen molar-refractivity contribution in [2.75, 3.05) is 11.1 Å². The molecule has 0 bridgehead atoms. The van der Waals surface area contributed by atoms with Crippen LogP contribution in [0, 0.1) is 13.8 Å². The van der Waals surface area contributed by atoms with Crippen LogP contribution in [0.4, 0.5) is 5.00 Å². The van der Waals surface area contributed by atoms with Crippen LogP contribution in [0.5, 0.6) is 0 Å². The summed E-state index contributed by atoms with van der Waals surface area (Å²) in [6.45, 7) is 4.10. The fourth-order valence-corrected chi connectivity index (χ4v) is 5.90. The number of hydrogen-bond donors (Lipinski definition) is 2. The Bertz CT molecular complexity index is 1120. The number of aryl methyl sites for hydroxylation is 3. The van der Waals surface area contributed by atoms with Crippen molar-refractivity contribution in [2.24, 2.45) is 5.73 Å². The number of thiophene rings is 1. The summed E-state index contributed by atoms with van der Waals surface area (Å²) in [5.41, 5.74) is 10.4. The van der Waals surface area contributed by atoms with Crippen molar-refractivity contribution in [3.8, 4) is 0 Å². The van der Waals surface area contributed by atoms with Gasteiger partial charge in [0.25, 0.3) is 5.91 Å². The summed E-state index contributed by atoms with van der Waals surface area (Å²) in [5.74, 6) is -0.389. The third-order valence-corrected chi connectivity index (χ3v) is 7.37. The van der Waals surface area contributed by atoms with Gasteiger partial charge in [0, 0.05) is 10.3 Å². The van der Waals surface area contributed by atoms with Crippen molar-refractivity contribution in [2.45, 2.75) is 44.6 Å². The van der Waals surface area contributed by atoms with Gasteiger partial charge in [0.1, 0.15) is 5.00 Å². The maximum Gasteiger partial charge on any atom is 0.251 e. The number of nitrogens with zero attached hydrogens (tertiary/aromatic N) is 1. The van der Waals surface area contributed by atoms with Crippen molar-refractivity contribution < 1.29 is 9.59 Å². The van der Waals surface area contributed by atoms with E-state index in [4.69, 9.17) is 10.7 Å². The summed E-state index contributed by atoms with van der Waals surface area (Å²) in [6.07, 6.45) is 3.97. The molecule has 2 heterocycles. The van der Waals surface area contributed by atoms with Crippen molar-refractivity contribution in [1.82, 2.24) is 4.98 Å². The summed E-state index contributed by atoms with van der Waals surface area (Å²) in [7, 11) is 0. The van der Waals surface area contributed by atoms with Gasteiger partial charge in [0.2, 0.25) is 5.91 Å². The van der Waals surface area contributed by atoms with E-state index in [9.17, 15) is 9.59 Å². The molecule has 0 atom stereocenters. The highest BCUT2D eigenvalue weighted by Gasteiger charge is 2.25. The van der Waals surface area contributed by atoms with Crippen molar-refractivity contribution in [3.05, 3.63) is 51.4 Å². The third-order valence-electron chi connectivity index (χ3n) is 5.25. The van der Waals surface area contributed by atoms with Gasteiger partial charge in [-0.05, 0) is 62.3 Å². The number of thioether (sulfide) groups is 1. The second-order valence-electron chi connectivity index (χ2n) is 7.36. The molecule has 150 valence electrons. The van der Waals surface area contributed by atoms with Crippen LogP contribution >= 0.6 is 23.1 Å². The van der Waals surface area contributed by atoms with Gasteiger partial charge in [-0.15, -0.1) is 11.3 Å². The number of nitrogens with two attached hydrogens (primary N) is 1. The minimum atomic E-state index is -0.463. The zero-order valence-electron chi connectivity index (χ0n) is 16.5. The van der Waals surface area contributed by atoms with Crippen LogP contribution in [-0.2, 0) is 17.6 Å². The quantitative estimate of drug-likeness (QED) is 0.584. The second kappa shape index (κ2) is 8.16. The maximum absolute atomic E-state index is 12.6. The molecule has 1 aliphatic carbocycles. The molecule has 3 N–H and O–H groups in total. The number of benzene rings is 1. The van der Waals surface area contributed by atoms with Gasteiger partial charge in [-0.2, -0.15) is 0 Å². The Kier molecular flexibility index (Phi) is 5.61. The number of para-hydroxylation sites is 1. The number of hydrogen-bond acceptors (Lipinski definition) is 5. The van der Waals surface area contributed by atoms with Crippen LogP contribution < -0.4 is 11.1 Å². The zero-order valence-corrected chi connectivity index (χ0v) is 18.1. The molecule has 0 saturated heterocycles. The minimum absolute atomic E-state index is 0.152. The maximum atomic E-state index is 12.6. The first-order valence-electron chi connectivity index (χ1n) is 9.68. The summed E-state index contributed by atoms with van der Waals surface area (Å²) < 4.78 is 0. The Morgan fingerprint density at radius 2 is 2.00 bits per heavy atom. The average molecular weight is 426 g/mol. The molecule has 2 aromatic heterocycles. The number of anilines is 1. The number of carbonyl (C=O) groups excluding carboxylic acids is 2. The monoisotopic (exact) mass is 425 g/mol. The fourth-order valence-electron chi connectivity index (χ4n) is 3.82. The topological polar surface area (TPSA) is 85.1 Å². The molecular formula is C22H23N3O2S2. The Morgan fingerprint density at radius 3 is 2.79 bits per heavy atom. The number of pyridine rings is 1. The highest BCUT2D eigenvalue weighted by Crippen LogP contribution is 2.38. The van der Waals surface area contributed by atoms with E-state index < -0.39 is 5.91 Å². The Hall–Kier alpha value is -2.38. The van der Waals surface area contributed by atoms with E-state index in [0.29, 0.717) is 10.6 Å². The van der Waals surface area contributed by atoms with Crippen LogP contribution in [0.15, 0.2) is 29.3 Å². The molecule has 3 aromatic rings. The molecule has 0 fully saturated rings. The van der Waals surface area contributed by atoms with Gasteiger partial charge < -0.3 is 11.1 Å². The number of amides is 2. The number of nitrogens with one attached hydrogen (secondary N) is 1. The molecule has 0 saturated carbocycles. The van der Waals surface area contributed by atoms with Gasteiger partial charge >= 0.3 is 0 Å². The smallest absolute Gasteiger partial charge is 0.251 e. The van der Waals surface area contributed by atoms with Crippen LogP contribution in [-0.4, -0.2) is 22.6 Å². The number of fused-ring (bicyclic) bond motifs is 2. The van der Waals surface area contributed by atoms with Crippen molar-refractivity contribution in [3.63, 3.8) is 0 Å². The summed E-state index contributed by atoms with van der Waals surface area (Å²) in [5, 5.41) is 5.46. The molecule has 5 nitrogen and oxygen atoms in total. The largest absolute Gasteiger partial charge is 0.365 e. The normalized spacial score (nSPS) is 13.3.